The molecule has 0 saturated heterocycles. The topological polar surface area (TPSA) is 45.8 Å². The molecule has 0 aliphatic rings. The predicted molar refractivity (Wildman–Crippen MR) is 83.4 cm³/mol. The molecule has 2 aromatic carbocycles. The lowest BCUT2D eigenvalue weighted by Crippen LogP contribution is -2.11. The van der Waals surface area contributed by atoms with Crippen LogP contribution in [0.4, 0.5) is 4.39 Å². The quantitative estimate of drug-likeness (QED) is 0.763. The number of aromatic nitrogens is 2. The first-order chi connectivity index (χ1) is 10.1. The summed E-state index contributed by atoms with van der Waals surface area (Å²) < 4.78 is 13.4. The van der Waals surface area contributed by atoms with Crippen molar-refractivity contribution in [2.45, 2.75) is 0 Å². The van der Waals surface area contributed by atoms with Gasteiger partial charge >= 0.3 is 0 Å². The minimum Gasteiger partial charge on any atom is -0.306 e. The van der Waals surface area contributed by atoms with Gasteiger partial charge in [0, 0.05) is 11.1 Å². The maximum absolute atomic E-state index is 13.0. The average molecular weight is 345 g/mol. The van der Waals surface area contributed by atoms with Crippen molar-refractivity contribution >= 4 is 15.9 Å². The summed E-state index contributed by atoms with van der Waals surface area (Å²) in [7, 11) is 0. The Labute approximate surface area is 128 Å². The van der Waals surface area contributed by atoms with Crippen molar-refractivity contribution in [3.8, 4) is 22.6 Å². The Morgan fingerprint density at radius 3 is 2.29 bits per heavy atom. The molecule has 104 valence electrons. The molecule has 0 radical (unpaired) electrons. The zero-order valence-electron chi connectivity index (χ0n) is 10.8. The third-order valence-electron chi connectivity index (χ3n) is 3.03. The summed E-state index contributed by atoms with van der Waals surface area (Å²) in [5.41, 5.74) is 1.76. The molecule has 3 rings (SSSR count). The lowest BCUT2D eigenvalue weighted by Gasteiger charge is -2.07. The summed E-state index contributed by atoms with van der Waals surface area (Å²) in [5.74, 6) is 0.0727. The first kappa shape index (κ1) is 13.7. The molecule has 3 aromatic rings. The van der Waals surface area contributed by atoms with E-state index in [1.165, 1.54) is 12.1 Å². The first-order valence-corrected chi connectivity index (χ1v) is 7.05. The summed E-state index contributed by atoms with van der Waals surface area (Å²) in [5, 5.41) is 0. The third kappa shape index (κ3) is 2.78. The van der Waals surface area contributed by atoms with E-state index in [0.29, 0.717) is 21.6 Å². The fourth-order valence-corrected chi connectivity index (χ4v) is 2.41. The second-order valence-corrected chi connectivity index (χ2v) is 5.24. The van der Waals surface area contributed by atoms with Crippen molar-refractivity contribution < 1.29 is 4.39 Å². The van der Waals surface area contributed by atoms with Crippen LogP contribution in [0.25, 0.3) is 22.6 Å². The van der Waals surface area contributed by atoms with Gasteiger partial charge in [-0.25, -0.2) is 9.37 Å². The number of nitrogens with zero attached hydrogens (tertiary/aromatic N) is 1. The van der Waals surface area contributed by atoms with Gasteiger partial charge < -0.3 is 4.98 Å². The van der Waals surface area contributed by atoms with E-state index in [1.54, 1.807) is 12.1 Å². The molecule has 1 heterocycles. The number of hydrogen-bond acceptors (Lipinski definition) is 2. The van der Waals surface area contributed by atoms with Gasteiger partial charge in [-0.15, -0.1) is 0 Å². The van der Waals surface area contributed by atoms with Crippen LogP contribution in [0.15, 0.2) is 63.9 Å². The van der Waals surface area contributed by atoms with Crippen molar-refractivity contribution in [1.82, 2.24) is 9.97 Å². The van der Waals surface area contributed by atoms with E-state index in [-0.39, 0.29) is 11.4 Å². The maximum Gasteiger partial charge on any atom is 0.266 e. The fraction of sp³-hybridized carbons (Fsp3) is 0. The molecule has 0 saturated carbocycles. The van der Waals surface area contributed by atoms with Crippen LogP contribution < -0.4 is 5.56 Å². The largest absolute Gasteiger partial charge is 0.306 e. The average Bonchev–Trinajstić information content (AvgIpc) is 2.51. The lowest BCUT2D eigenvalue weighted by atomic mass is 10.1. The highest BCUT2D eigenvalue weighted by Crippen LogP contribution is 2.25. The first-order valence-electron chi connectivity index (χ1n) is 6.26. The molecule has 21 heavy (non-hydrogen) atoms. The number of rotatable bonds is 2. The van der Waals surface area contributed by atoms with Crippen LogP contribution in [0.2, 0.25) is 0 Å². The lowest BCUT2D eigenvalue weighted by molar-refractivity contribution is 0.628. The van der Waals surface area contributed by atoms with Crippen LogP contribution in [-0.2, 0) is 0 Å². The van der Waals surface area contributed by atoms with Crippen LogP contribution in [0, 0.1) is 5.82 Å². The zero-order valence-corrected chi connectivity index (χ0v) is 12.4. The number of benzene rings is 2. The van der Waals surface area contributed by atoms with Gasteiger partial charge in [0.2, 0.25) is 0 Å². The molecule has 0 fully saturated rings. The number of H-pyrrole nitrogens is 1. The molecule has 0 bridgehead atoms. The number of hydrogen-bond donors (Lipinski definition) is 1. The molecule has 1 N–H and O–H groups in total. The summed E-state index contributed by atoms with van der Waals surface area (Å²) >= 11 is 3.27. The third-order valence-corrected chi connectivity index (χ3v) is 3.76. The highest BCUT2D eigenvalue weighted by molar-refractivity contribution is 9.10. The fourth-order valence-electron chi connectivity index (χ4n) is 1.99. The molecule has 0 atom stereocenters. The van der Waals surface area contributed by atoms with E-state index in [9.17, 15) is 9.18 Å². The molecule has 1 aromatic heterocycles. The van der Waals surface area contributed by atoms with E-state index in [0.717, 1.165) is 5.56 Å². The Morgan fingerprint density at radius 2 is 1.62 bits per heavy atom. The van der Waals surface area contributed by atoms with E-state index < -0.39 is 0 Å². The minimum atomic E-state index is -0.332. The van der Waals surface area contributed by atoms with E-state index >= 15 is 0 Å². The van der Waals surface area contributed by atoms with Gasteiger partial charge in [-0.05, 0) is 40.2 Å². The van der Waals surface area contributed by atoms with Crippen molar-refractivity contribution in [1.29, 1.82) is 0 Å². The Bertz CT molecular complexity index is 829. The van der Waals surface area contributed by atoms with E-state index in [1.807, 2.05) is 30.3 Å². The smallest absolute Gasteiger partial charge is 0.266 e. The Kier molecular flexibility index (Phi) is 3.66. The Hall–Kier alpha value is -2.27. The SMILES string of the molecule is O=c1[nH]c(-c2ccc(F)cc2)nc(-c2ccccc2)c1Br. The summed E-state index contributed by atoms with van der Waals surface area (Å²) in [6, 6.07) is 15.2. The highest BCUT2D eigenvalue weighted by atomic mass is 79.9. The predicted octanol–water partition coefficient (Wildman–Crippen LogP) is 4.01. The van der Waals surface area contributed by atoms with E-state index in [2.05, 4.69) is 25.9 Å². The van der Waals surface area contributed by atoms with Crippen LogP contribution in [0.3, 0.4) is 0 Å². The molecular weight excluding hydrogens is 335 g/mol. The number of halogens is 2. The molecule has 3 nitrogen and oxygen atoms in total. The van der Waals surface area contributed by atoms with Crippen LogP contribution in [-0.4, -0.2) is 9.97 Å². The molecule has 0 aliphatic heterocycles. The van der Waals surface area contributed by atoms with Gasteiger partial charge in [-0.1, -0.05) is 30.3 Å². The zero-order chi connectivity index (χ0) is 14.8. The van der Waals surface area contributed by atoms with Gasteiger partial charge in [-0.3, -0.25) is 4.79 Å². The van der Waals surface area contributed by atoms with Crippen LogP contribution >= 0.6 is 15.9 Å². The maximum atomic E-state index is 13.0. The summed E-state index contributed by atoms with van der Waals surface area (Å²) in [4.78, 5) is 19.2. The van der Waals surface area contributed by atoms with Crippen molar-refractivity contribution in [2.75, 3.05) is 0 Å². The van der Waals surface area contributed by atoms with Gasteiger partial charge in [0.1, 0.15) is 16.1 Å². The molecule has 0 unspecified atom stereocenters. The number of nitrogens with one attached hydrogen (secondary N) is 1. The van der Waals surface area contributed by atoms with Crippen molar-refractivity contribution in [3.63, 3.8) is 0 Å². The van der Waals surface area contributed by atoms with E-state index in [4.69, 9.17) is 0 Å². The Balaban J connectivity index is 2.19. The molecule has 0 aliphatic carbocycles. The van der Waals surface area contributed by atoms with Gasteiger partial charge in [-0.2, -0.15) is 0 Å². The molecule has 5 heteroatoms. The monoisotopic (exact) mass is 344 g/mol. The minimum absolute atomic E-state index is 0.275. The van der Waals surface area contributed by atoms with Gasteiger partial charge in [0.15, 0.2) is 0 Å². The second kappa shape index (κ2) is 5.61. The summed E-state index contributed by atoms with van der Waals surface area (Å²) in [6.07, 6.45) is 0. The number of aromatic amines is 1. The molecular formula is C16H10BrFN2O. The highest BCUT2D eigenvalue weighted by Gasteiger charge is 2.12. The Morgan fingerprint density at radius 1 is 0.952 bits per heavy atom. The van der Waals surface area contributed by atoms with Crippen molar-refractivity contribution in [2.24, 2.45) is 0 Å². The van der Waals surface area contributed by atoms with Crippen molar-refractivity contribution in [3.05, 3.63) is 75.2 Å². The van der Waals surface area contributed by atoms with Crippen LogP contribution in [0.1, 0.15) is 0 Å². The second-order valence-electron chi connectivity index (χ2n) is 4.45. The van der Waals surface area contributed by atoms with Gasteiger partial charge in [0.05, 0.1) is 5.69 Å². The van der Waals surface area contributed by atoms with Crippen LogP contribution in [0.5, 0.6) is 0 Å². The standard InChI is InChI=1S/C16H10BrFN2O/c17-13-14(10-4-2-1-3-5-10)19-15(20-16(13)21)11-6-8-12(18)9-7-11/h1-9H,(H,19,20,21). The normalized spacial score (nSPS) is 10.6. The summed E-state index contributed by atoms with van der Waals surface area (Å²) in [6.45, 7) is 0. The molecule has 0 amide bonds. The van der Waals surface area contributed by atoms with Gasteiger partial charge in [0.25, 0.3) is 5.56 Å². The molecule has 0 spiro atoms.